The van der Waals surface area contributed by atoms with E-state index in [0.29, 0.717) is 11.5 Å². The second-order valence-corrected chi connectivity index (χ2v) is 6.89. The first kappa shape index (κ1) is 15.8. The molecule has 0 aliphatic rings. The molecular weight excluding hydrogens is 366 g/mol. The summed E-state index contributed by atoms with van der Waals surface area (Å²) in [7, 11) is 1.91. The number of imidazole rings is 1. The van der Waals surface area contributed by atoms with E-state index in [1.54, 1.807) is 23.4 Å². The first-order valence-corrected chi connectivity index (χ1v) is 9.11. The minimum atomic E-state index is 0.665. The molecule has 1 aromatic carbocycles. The van der Waals surface area contributed by atoms with Crippen molar-refractivity contribution in [1.82, 2.24) is 34.9 Å². The third-order valence-electron chi connectivity index (χ3n) is 5.04. The van der Waals surface area contributed by atoms with E-state index >= 15 is 0 Å². The van der Waals surface area contributed by atoms with Gasteiger partial charge in [0.1, 0.15) is 11.2 Å². The highest BCUT2D eigenvalue weighted by Gasteiger charge is 2.16. The van der Waals surface area contributed by atoms with Crippen molar-refractivity contribution in [3.8, 4) is 33.8 Å². The van der Waals surface area contributed by atoms with Crippen molar-refractivity contribution < 1.29 is 4.42 Å². The third-order valence-corrected chi connectivity index (χ3v) is 5.04. The average molecular weight is 381 g/mol. The van der Waals surface area contributed by atoms with Gasteiger partial charge in [-0.25, -0.2) is 9.97 Å². The van der Waals surface area contributed by atoms with Gasteiger partial charge in [-0.3, -0.25) is 9.78 Å². The minimum absolute atomic E-state index is 0.665. The maximum Gasteiger partial charge on any atom is 0.160 e. The Morgan fingerprint density at radius 1 is 1.07 bits per heavy atom. The summed E-state index contributed by atoms with van der Waals surface area (Å²) in [4.78, 5) is 12.5. The number of furan rings is 1. The summed E-state index contributed by atoms with van der Waals surface area (Å²) in [5.41, 5.74) is 7.22. The summed E-state index contributed by atoms with van der Waals surface area (Å²) in [6.07, 6.45) is 8.95. The van der Waals surface area contributed by atoms with E-state index < -0.39 is 0 Å². The van der Waals surface area contributed by atoms with Crippen LogP contribution in [0, 0.1) is 0 Å². The van der Waals surface area contributed by atoms with Gasteiger partial charge in [-0.15, -0.1) is 0 Å². The lowest BCUT2D eigenvalue weighted by Crippen LogP contribution is -1.84. The number of hydrogen-bond acceptors (Lipinski definition) is 5. The molecule has 8 heteroatoms. The van der Waals surface area contributed by atoms with Crippen LogP contribution < -0.4 is 0 Å². The molecule has 5 heterocycles. The lowest BCUT2D eigenvalue weighted by atomic mass is 10.1. The van der Waals surface area contributed by atoms with Gasteiger partial charge < -0.3 is 9.40 Å². The van der Waals surface area contributed by atoms with E-state index in [9.17, 15) is 0 Å². The molecule has 0 unspecified atom stereocenters. The molecule has 0 amide bonds. The average Bonchev–Trinajstić information content (AvgIpc) is 3.51. The summed E-state index contributed by atoms with van der Waals surface area (Å²) < 4.78 is 7.02. The molecule has 6 aromatic rings. The number of H-pyrrole nitrogens is 2. The maximum atomic E-state index is 5.23. The SMILES string of the molecule is Cn1cc(-c2ccc3[nH]nc(-c4nc5c(-c6ccoc6)ccnc5[nH]4)c3c2)cn1. The van der Waals surface area contributed by atoms with E-state index in [0.717, 1.165) is 44.4 Å². The molecule has 0 bridgehead atoms. The molecule has 8 nitrogen and oxygen atoms in total. The van der Waals surface area contributed by atoms with Crippen molar-refractivity contribution in [2.75, 3.05) is 0 Å². The summed E-state index contributed by atoms with van der Waals surface area (Å²) in [5, 5.41) is 12.8. The fraction of sp³-hybridized carbons (Fsp3) is 0.0476. The van der Waals surface area contributed by atoms with Crippen LogP contribution in [0.2, 0.25) is 0 Å². The van der Waals surface area contributed by atoms with E-state index in [4.69, 9.17) is 9.40 Å². The first-order chi connectivity index (χ1) is 14.3. The van der Waals surface area contributed by atoms with Crippen molar-refractivity contribution in [1.29, 1.82) is 0 Å². The Kier molecular flexibility index (Phi) is 3.22. The highest BCUT2D eigenvalue weighted by Crippen LogP contribution is 2.32. The van der Waals surface area contributed by atoms with Gasteiger partial charge in [-0.05, 0) is 29.8 Å². The molecule has 6 rings (SSSR count). The van der Waals surface area contributed by atoms with Crippen LogP contribution in [0.25, 0.3) is 55.8 Å². The molecule has 0 radical (unpaired) electrons. The number of hydrogen-bond donors (Lipinski definition) is 2. The fourth-order valence-corrected chi connectivity index (χ4v) is 3.62. The Bertz CT molecular complexity index is 1470. The number of aryl methyl sites for hydroxylation is 1. The van der Waals surface area contributed by atoms with E-state index in [2.05, 4.69) is 37.4 Å². The smallest absolute Gasteiger partial charge is 0.160 e. The van der Waals surface area contributed by atoms with E-state index in [-0.39, 0.29) is 0 Å². The Morgan fingerprint density at radius 3 is 2.86 bits per heavy atom. The molecule has 29 heavy (non-hydrogen) atoms. The van der Waals surface area contributed by atoms with Gasteiger partial charge in [0.2, 0.25) is 0 Å². The van der Waals surface area contributed by atoms with Crippen LogP contribution in [0.3, 0.4) is 0 Å². The molecular formula is C21H15N7O. The summed E-state index contributed by atoms with van der Waals surface area (Å²) in [5.74, 6) is 0.665. The van der Waals surface area contributed by atoms with E-state index in [1.165, 1.54) is 0 Å². The molecule has 0 saturated carbocycles. The predicted molar refractivity (Wildman–Crippen MR) is 109 cm³/mol. The molecule has 0 spiro atoms. The number of aromatic amines is 2. The van der Waals surface area contributed by atoms with Crippen molar-refractivity contribution in [2.24, 2.45) is 7.05 Å². The van der Waals surface area contributed by atoms with Crippen LogP contribution in [0.4, 0.5) is 0 Å². The maximum absolute atomic E-state index is 5.23. The molecule has 2 N–H and O–H groups in total. The zero-order valence-electron chi connectivity index (χ0n) is 15.4. The normalized spacial score (nSPS) is 11.6. The van der Waals surface area contributed by atoms with Gasteiger partial charge >= 0.3 is 0 Å². The zero-order chi connectivity index (χ0) is 19.4. The van der Waals surface area contributed by atoms with Gasteiger partial charge in [0.15, 0.2) is 11.5 Å². The van der Waals surface area contributed by atoms with Crippen molar-refractivity contribution in [2.45, 2.75) is 0 Å². The largest absolute Gasteiger partial charge is 0.472 e. The molecule has 0 fully saturated rings. The monoisotopic (exact) mass is 381 g/mol. The number of rotatable bonds is 3. The molecule has 5 aromatic heterocycles. The summed E-state index contributed by atoms with van der Waals surface area (Å²) in [6, 6.07) is 10.0. The molecule has 0 aliphatic carbocycles. The van der Waals surface area contributed by atoms with E-state index in [1.807, 2.05) is 37.6 Å². The summed E-state index contributed by atoms with van der Waals surface area (Å²) >= 11 is 0. The van der Waals surface area contributed by atoms with Crippen LogP contribution in [-0.2, 0) is 7.05 Å². The van der Waals surface area contributed by atoms with Gasteiger partial charge in [0.25, 0.3) is 0 Å². The molecule has 140 valence electrons. The van der Waals surface area contributed by atoms with Crippen LogP contribution in [0.15, 0.2) is 65.9 Å². The van der Waals surface area contributed by atoms with Gasteiger partial charge in [-0.2, -0.15) is 10.2 Å². The fourth-order valence-electron chi connectivity index (χ4n) is 3.62. The van der Waals surface area contributed by atoms with Crippen LogP contribution >= 0.6 is 0 Å². The highest BCUT2D eigenvalue weighted by atomic mass is 16.3. The number of pyridine rings is 1. The number of benzene rings is 1. The lowest BCUT2D eigenvalue weighted by molar-refractivity contribution is 0.568. The van der Waals surface area contributed by atoms with Crippen LogP contribution in [0.5, 0.6) is 0 Å². The molecule has 0 aliphatic heterocycles. The predicted octanol–water partition coefficient (Wildman–Crippen LogP) is 4.16. The van der Waals surface area contributed by atoms with Gasteiger partial charge in [0, 0.05) is 41.5 Å². The first-order valence-electron chi connectivity index (χ1n) is 9.11. The van der Waals surface area contributed by atoms with Crippen molar-refractivity contribution >= 4 is 22.1 Å². The second-order valence-electron chi connectivity index (χ2n) is 6.89. The van der Waals surface area contributed by atoms with Crippen LogP contribution in [-0.4, -0.2) is 34.9 Å². The number of nitrogens with zero attached hydrogens (tertiary/aromatic N) is 5. The Balaban J connectivity index is 1.53. The third kappa shape index (κ3) is 2.46. The highest BCUT2D eigenvalue weighted by molar-refractivity contribution is 5.97. The quantitative estimate of drug-likeness (QED) is 0.479. The number of nitrogens with one attached hydrogen (secondary N) is 2. The van der Waals surface area contributed by atoms with Crippen molar-refractivity contribution in [3.63, 3.8) is 0 Å². The lowest BCUT2D eigenvalue weighted by Gasteiger charge is -1.98. The van der Waals surface area contributed by atoms with Gasteiger partial charge in [-0.1, -0.05) is 6.07 Å². The minimum Gasteiger partial charge on any atom is -0.472 e. The molecule has 0 saturated heterocycles. The Morgan fingerprint density at radius 2 is 2.03 bits per heavy atom. The Labute approximate surface area is 164 Å². The standard InChI is InChI=1S/C21H15N7O/c1-28-10-14(9-23-28)12-2-3-17-16(8-12)19(27-26-17)21-24-18-15(13-5-7-29-11-13)4-6-22-20(18)25-21/h2-11H,1H3,(H,26,27)(H,22,24,25). The van der Waals surface area contributed by atoms with Crippen LogP contribution in [0.1, 0.15) is 0 Å². The Hall–Kier alpha value is -4.20. The topological polar surface area (TPSA) is 101 Å². The number of fused-ring (bicyclic) bond motifs is 2. The zero-order valence-corrected chi connectivity index (χ0v) is 15.4. The molecule has 0 atom stereocenters. The second kappa shape index (κ2) is 5.90. The van der Waals surface area contributed by atoms with Crippen molar-refractivity contribution in [3.05, 3.63) is 61.4 Å². The summed E-state index contributed by atoms with van der Waals surface area (Å²) in [6.45, 7) is 0. The van der Waals surface area contributed by atoms with Gasteiger partial charge in [0.05, 0.1) is 24.2 Å². The number of aromatic nitrogens is 7.